The first-order valence-electron chi connectivity index (χ1n) is 33.9. The van der Waals surface area contributed by atoms with Crippen LogP contribution < -0.4 is 5.32 Å². The van der Waals surface area contributed by atoms with E-state index in [0.29, 0.717) is 12.8 Å². The van der Waals surface area contributed by atoms with E-state index in [9.17, 15) is 35.1 Å². The van der Waals surface area contributed by atoms with Crippen LogP contribution in [0.25, 0.3) is 0 Å². The predicted molar refractivity (Wildman–Crippen MR) is 342 cm³/mol. The highest BCUT2D eigenvalue weighted by molar-refractivity contribution is 5.80. The Labute approximate surface area is 502 Å². The van der Waals surface area contributed by atoms with Crippen molar-refractivity contribution in [2.24, 2.45) is 0 Å². The van der Waals surface area contributed by atoms with Gasteiger partial charge in [0.2, 0.25) is 5.91 Å². The van der Waals surface area contributed by atoms with Crippen LogP contribution in [-0.4, -0.2) is 99.6 Å². The molecule has 82 heavy (non-hydrogen) atoms. The van der Waals surface area contributed by atoms with Crippen molar-refractivity contribution in [3.63, 3.8) is 0 Å². The van der Waals surface area contributed by atoms with E-state index in [-0.39, 0.29) is 19.4 Å². The fraction of sp³-hybridized carbons (Fsp3) is 0.775. The minimum atomic E-state index is -1.62. The molecule has 0 bridgehead atoms. The lowest BCUT2D eigenvalue weighted by Crippen LogP contribution is -2.61. The molecule has 8 atom stereocenters. The molecule has 6 N–H and O–H groups in total. The van der Waals surface area contributed by atoms with Crippen molar-refractivity contribution < 1.29 is 49.3 Å². The SMILES string of the molecule is CC/C=C/C=C/C=C/CCCCCCCCCC(=O)OC1C(OCC(NC(=O)C(O)CCCCCCCCCCCCCCC/C=C\C/C=C\C/C=C\CCCCC)C(O)/C=C/CCCCCCCCCCCC)OC(CO)C(O)C1O. The molecule has 1 saturated heterocycles. The third-order valence-electron chi connectivity index (χ3n) is 15.6. The standard InChI is InChI=1S/C71H125NO10/c1-4-7-10-13-16-19-22-25-27-28-29-30-31-32-33-34-35-36-37-39-40-43-46-49-52-55-58-64(75)70(79)72-62(63(74)57-54-51-48-45-42-24-21-18-15-12-9-6-3)61-80-71-69(68(78)67(77)65(60-73)81-71)82-66(76)59-56-53-50-47-44-41-38-26-23-20-17-14-11-8-5-2/h8,11,14,16-17,19-20,23,25,27,29-30,54,57,62-65,67-69,71,73-75,77-78H,4-7,9-10,12-13,15,18,21-22,24,26,28,31-53,55-56,58-61H2,1-3H3,(H,72,79)/b11-8+,17-14+,19-16-,23-20+,27-25-,30-29-,57-54+. The zero-order valence-corrected chi connectivity index (χ0v) is 52.6. The largest absolute Gasteiger partial charge is 0.454 e. The molecule has 8 unspecified atom stereocenters. The van der Waals surface area contributed by atoms with Crippen LogP contribution in [0.4, 0.5) is 0 Å². The van der Waals surface area contributed by atoms with Crippen LogP contribution in [0.15, 0.2) is 85.1 Å². The van der Waals surface area contributed by atoms with Gasteiger partial charge in [-0.3, -0.25) is 9.59 Å². The van der Waals surface area contributed by atoms with Crippen molar-refractivity contribution in [3.05, 3.63) is 85.1 Å². The molecule has 0 radical (unpaired) electrons. The molecule has 1 amide bonds. The van der Waals surface area contributed by atoms with E-state index >= 15 is 0 Å². The number of amides is 1. The summed E-state index contributed by atoms with van der Waals surface area (Å²) in [5.41, 5.74) is 0. The lowest BCUT2D eigenvalue weighted by Gasteiger charge is -2.41. The van der Waals surface area contributed by atoms with Crippen molar-refractivity contribution in [2.45, 2.75) is 339 Å². The first kappa shape index (κ1) is 76.9. The number of esters is 1. The van der Waals surface area contributed by atoms with Crippen LogP contribution in [0.3, 0.4) is 0 Å². The molecule has 0 aromatic rings. The molecule has 1 fully saturated rings. The van der Waals surface area contributed by atoms with Crippen molar-refractivity contribution in [1.82, 2.24) is 5.32 Å². The van der Waals surface area contributed by atoms with Crippen molar-refractivity contribution in [1.29, 1.82) is 0 Å². The zero-order valence-electron chi connectivity index (χ0n) is 52.6. The number of ether oxygens (including phenoxy) is 3. The van der Waals surface area contributed by atoms with E-state index in [1.165, 1.54) is 141 Å². The van der Waals surface area contributed by atoms with E-state index in [4.69, 9.17) is 14.2 Å². The van der Waals surface area contributed by atoms with Gasteiger partial charge < -0.3 is 45.1 Å². The second-order valence-corrected chi connectivity index (χ2v) is 23.2. The van der Waals surface area contributed by atoms with Gasteiger partial charge in [-0.25, -0.2) is 0 Å². The van der Waals surface area contributed by atoms with Crippen LogP contribution in [0, 0.1) is 0 Å². The molecule has 11 nitrogen and oxygen atoms in total. The number of carbonyl (C=O) groups is 2. The molecular weight excluding hydrogens is 1030 g/mol. The monoisotopic (exact) mass is 1150 g/mol. The minimum Gasteiger partial charge on any atom is -0.454 e. The smallest absolute Gasteiger partial charge is 0.306 e. The van der Waals surface area contributed by atoms with E-state index in [1.807, 2.05) is 12.2 Å². The number of allylic oxidation sites excluding steroid dienone is 13. The lowest BCUT2D eigenvalue weighted by atomic mass is 9.99. The van der Waals surface area contributed by atoms with Crippen molar-refractivity contribution in [3.8, 4) is 0 Å². The number of hydrogen-bond donors (Lipinski definition) is 6. The number of nitrogens with one attached hydrogen (secondary N) is 1. The van der Waals surface area contributed by atoms with Crippen LogP contribution >= 0.6 is 0 Å². The maximum absolute atomic E-state index is 13.5. The fourth-order valence-corrected chi connectivity index (χ4v) is 10.2. The topological polar surface area (TPSA) is 175 Å². The van der Waals surface area contributed by atoms with E-state index in [2.05, 4.69) is 92.9 Å². The molecule has 0 aromatic carbocycles. The second kappa shape index (κ2) is 58.2. The number of unbranched alkanes of at least 4 members (excludes halogenated alkanes) is 33. The Morgan fingerprint density at radius 1 is 0.500 bits per heavy atom. The summed E-state index contributed by atoms with van der Waals surface area (Å²) in [6, 6.07) is -1.03. The van der Waals surface area contributed by atoms with Crippen LogP contribution in [0.5, 0.6) is 0 Å². The third-order valence-corrected chi connectivity index (χ3v) is 15.6. The molecule has 474 valence electrons. The van der Waals surface area contributed by atoms with Gasteiger partial charge in [-0.15, -0.1) is 0 Å². The lowest BCUT2D eigenvalue weighted by molar-refractivity contribution is -0.305. The van der Waals surface area contributed by atoms with Crippen LogP contribution in [0.1, 0.15) is 290 Å². The summed E-state index contributed by atoms with van der Waals surface area (Å²) in [6.45, 7) is 5.64. The Morgan fingerprint density at radius 3 is 1.44 bits per heavy atom. The average molecular weight is 1150 g/mol. The van der Waals surface area contributed by atoms with Crippen LogP contribution in [0.2, 0.25) is 0 Å². The molecule has 0 spiro atoms. The van der Waals surface area contributed by atoms with Gasteiger partial charge >= 0.3 is 5.97 Å². The van der Waals surface area contributed by atoms with Gasteiger partial charge in [0.25, 0.3) is 0 Å². The quantitative estimate of drug-likeness (QED) is 0.0149. The molecule has 11 heteroatoms. The molecule has 0 aromatic heterocycles. The minimum absolute atomic E-state index is 0.108. The summed E-state index contributed by atoms with van der Waals surface area (Å²) in [7, 11) is 0. The maximum atomic E-state index is 13.5. The summed E-state index contributed by atoms with van der Waals surface area (Å²) >= 11 is 0. The molecule has 0 saturated carbocycles. The predicted octanol–water partition coefficient (Wildman–Crippen LogP) is 16.9. The highest BCUT2D eigenvalue weighted by atomic mass is 16.7. The van der Waals surface area contributed by atoms with E-state index in [0.717, 1.165) is 103 Å². The Kier molecular flexibility index (Phi) is 54.6. The molecule has 0 aliphatic carbocycles. The van der Waals surface area contributed by atoms with Gasteiger partial charge in [0.05, 0.1) is 25.4 Å². The summed E-state index contributed by atoms with van der Waals surface area (Å²) in [6.07, 6.45) is 66.2. The third kappa shape index (κ3) is 45.2. The highest BCUT2D eigenvalue weighted by Crippen LogP contribution is 2.26. The number of hydrogen-bond acceptors (Lipinski definition) is 10. The number of carbonyl (C=O) groups excluding carboxylic acids is 2. The number of rotatable bonds is 57. The first-order valence-corrected chi connectivity index (χ1v) is 33.9. The number of aliphatic hydroxyl groups is 5. The fourth-order valence-electron chi connectivity index (χ4n) is 10.2. The van der Waals surface area contributed by atoms with Gasteiger partial charge in [-0.1, -0.05) is 286 Å². The Bertz CT molecular complexity index is 1660. The highest BCUT2D eigenvalue weighted by Gasteiger charge is 2.47. The Balaban J connectivity index is 2.58. The molecular formula is C71H125NO10. The van der Waals surface area contributed by atoms with E-state index < -0.39 is 67.4 Å². The zero-order chi connectivity index (χ0) is 59.6. The van der Waals surface area contributed by atoms with Crippen molar-refractivity contribution >= 4 is 11.9 Å². The second-order valence-electron chi connectivity index (χ2n) is 23.2. The average Bonchev–Trinajstić information content (AvgIpc) is 3.44. The molecule has 1 aliphatic heterocycles. The van der Waals surface area contributed by atoms with Crippen LogP contribution in [-0.2, 0) is 23.8 Å². The van der Waals surface area contributed by atoms with E-state index in [1.54, 1.807) is 6.08 Å². The van der Waals surface area contributed by atoms with Gasteiger partial charge in [0.1, 0.15) is 24.4 Å². The number of aliphatic hydroxyl groups excluding tert-OH is 5. The normalized spacial score (nSPS) is 19.1. The Morgan fingerprint density at radius 2 is 0.927 bits per heavy atom. The Hall–Kier alpha value is -3.16. The summed E-state index contributed by atoms with van der Waals surface area (Å²) in [5, 5.41) is 57.1. The molecule has 1 rings (SSSR count). The summed E-state index contributed by atoms with van der Waals surface area (Å²) in [4.78, 5) is 26.6. The molecule has 1 aliphatic rings. The first-order chi connectivity index (χ1) is 40.2. The summed E-state index contributed by atoms with van der Waals surface area (Å²) < 4.78 is 17.6. The van der Waals surface area contributed by atoms with Crippen molar-refractivity contribution in [2.75, 3.05) is 13.2 Å². The van der Waals surface area contributed by atoms with Gasteiger partial charge in [0, 0.05) is 6.42 Å². The van der Waals surface area contributed by atoms with Gasteiger partial charge in [-0.2, -0.15) is 0 Å². The van der Waals surface area contributed by atoms with Gasteiger partial charge in [0.15, 0.2) is 12.4 Å². The molecule has 1 heterocycles. The van der Waals surface area contributed by atoms with Gasteiger partial charge in [-0.05, 0) is 83.5 Å². The maximum Gasteiger partial charge on any atom is 0.306 e. The summed E-state index contributed by atoms with van der Waals surface area (Å²) in [5.74, 6) is -1.21.